The maximum Gasteiger partial charge on any atom is 0.338 e. The lowest BCUT2D eigenvalue weighted by molar-refractivity contribution is 0.0260. The third-order valence-electron chi connectivity index (χ3n) is 3.36. The number of hydrogen-bond acceptors (Lipinski definition) is 6. The number of rotatable bonds is 2. The minimum atomic E-state index is -0.522. The first-order valence-corrected chi connectivity index (χ1v) is 7.52. The molecule has 8 nitrogen and oxygen atoms in total. The van der Waals surface area contributed by atoms with E-state index in [4.69, 9.17) is 20.9 Å². The topological polar surface area (TPSA) is 139 Å². The van der Waals surface area contributed by atoms with Gasteiger partial charge in [-0.15, -0.1) is 0 Å². The van der Waals surface area contributed by atoms with Gasteiger partial charge in [0, 0.05) is 11.1 Å². The minimum Gasteiger partial charge on any atom is -0.458 e. The molecule has 0 fully saturated rings. The van der Waals surface area contributed by atoms with E-state index in [1.807, 2.05) is 0 Å². The van der Waals surface area contributed by atoms with Crippen molar-refractivity contribution in [1.82, 2.24) is 0 Å². The van der Waals surface area contributed by atoms with Gasteiger partial charge in [-0.25, -0.2) is 9.59 Å². The molecule has 134 valence electrons. The molecular weight excluding hydrogens is 340 g/mol. The van der Waals surface area contributed by atoms with Crippen LogP contribution in [0, 0.1) is 0 Å². The van der Waals surface area contributed by atoms with Crippen LogP contribution in [0.15, 0.2) is 48.5 Å². The van der Waals surface area contributed by atoms with Crippen molar-refractivity contribution in [2.45, 2.75) is 0 Å². The number of primary amides is 2. The second-order valence-corrected chi connectivity index (χ2v) is 5.16. The highest BCUT2D eigenvalue weighted by atomic mass is 16.6. The highest BCUT2D eigenvalue weighted by Crippen LogP contribution is 2.09. The Balaban J connectivity index is 0.000000190. The standard InChI is InChI=1S/C10H8O4.C8H8N2O2/c11-9-7-1-2-8(4-3-7)10(12)14-6-5-13-9;9-7(11)5-1-2-6(4-3-5)8(10)12/h1-4H,5-6H2;1-4H,(H2,9,11)(H2,10,12). The van der Waals surface area contributed by atoms with Crippen LogP contribution in [-0.4, -0.2) is 37.0 Å². The number of carbonyl (C=O) groups is 4. The number of nitrogens with two attached hydrogens (primary N) is 2. The molecule has 0 atom stereocenters. The van der Waals surface area contributed by atoms with Crippen LogP contribution in [0.25, 0.3) is 0 Å². The van der Waals surface area contributed by atoms with Crippen LogP contribution in [0.4, 0.5) is 0 Å². The van der Waals surface area contributed by atoms with Gasteiger partial charge in [-0.2, -0.15) is 0 Å². The molecule has 0 aromatic heterocycles. The van der Waals surface area contributed by atoms with Gasteiger partial charge in [0.25, 0.3) is 0 Å². The molecule has 4 rings (SSSR count). The molecule has 2 amide bonds. The Labute approximate surface area is 148 Å². The third-order valence-corrected chi connectivity index (χ3v) is 3.36. The molecule has 2 heterocycles. The van der Waals surface area contributed by atoms with Gasteiger partial charge in [-0.3, -0.25) is 9.59 Å². The van der Waals surface area contributed by atoms with Crippen molar-refractivity contribution in [2.75, 3.05) is 13.2 Å². The number of benzene rings is 2. The van der Waals surface area contributed by atoms with Gasteiger partial charge in [0.05, 0.1) is 11.1 Å². The summed E-state index contributed by atoms with van der Waals surface area (Å²) in [6, 6.07) is 12.0. The second-order valence-electron chi connectivity index (χ2n) is 5.16. The van der Waals surface area contributed by atoms with Gasteiger partial charge in [0.2, 0.25) is 11.8 Å². The monoisotopic (exact) mass is 356 g/mol. The van der Waals surface area contributed by atoms with Crippen molar-refractivity contribution in [2.24, 2.45) is 11.5 Å². The van der Waals surface area contributed by atoms with Gasteiger partial charge in [-0.1, -0.05) is 0 Å². The van der Waals surface area contributed by atoms with Crippen LogP contribution in [0.3, 0.4) is 0 Å². The molecule has 2 aliphatic rings. The Hall–Kier alpha value is -3.68. The zero-order valence-electron chi connectivity index (χ0n) is 13.6. The van der Waals surface area contributed by atoms with Gasteiger partial charge in [-0.05, 0) is 48.5 Å². The predicted octanol–water partition coefficient (Wildman–Crippen LogP) is 0.898. The van der Waals surface area contributed by atoms with Crippen molar-refractivity contribution in [3.63, 3.8) is 0 Å². The minimum absolute atomic E-state index is 0.100. The Morgan fingerprint density at radius 1 is 0.654 bits per heavy atom. The first kappa shape index (κ1) is 18.7. The number of fused-ring (bicyclic) bond motifs is 7. The number of amides is 2. The number of esters is 2. The molecule has 26 heavy (non-hydrogen) atoms. The average Bonchev–Trinajstić information content (AvgIpc) is 2.65. The van der Waals surface area contributed by atoms with Gasteiger partial charge in [0.1, 0.15) is 13.2 Å². The molecule has 0 radical (unpaired) electrons. The highest BCUT2D eigenvalue weighted by molar-refractivity contribution is 5.96. The molecule has 4 N–H and O–H groups in total. The summed E-state index contributed by atoms with van der Waals surface area (Å²) >= 11 is 0. The van der Waals surface area contributed by atoms with E-state index in [0.717, 1.165) is 0 Å². The van der Waals surface area contributed by atoms with Gasteiger partial charge >= 0.3 is 11.9 Å². The molecule has 8 heteroatoms. The summed E-state index contributed by atoms with van der Waals surface area (Å²) in [5.74, 6) is -1.83. The van der Waals surface area contributed by atoms with E-state index < -0.39 is 23.8 Å². The molecule has 0 aliphatic carbocycles. The molecule has 2 aliphatic heterocycles. The van der Waals surface area contributed by atoms with Crippen LogP contribution < -0.4 is 11.5 Å². The fourth-order valence-corrected chi connectivity index (χ4v) is 1.98. The van der Waals surface area contributed by atoms with Crippen molar-refractivity contribution in [3.8, 4) is 0 Å². The van der Waals surface area contributed by atoms with Crippen molar-refractivity contribution in [3.05, 3.63) is 70.8 Å². The molecule has 2 bridgehead atoms. The van der Waals surface area contributed by atoms with Crippen LogP contribution in [0.2, 0.25) is 0 Å². The lowest BCUT2D eigenvalue weighted by Crippen LogP contribution is -2.16. The molecule has 0 saturated carbocycles. The van der Waals surface area contributed by atoms with Crippen LogP contribution >= 0.6 is 0 Å². The smallest absolute Gasteiger partial charge is 0.338 e. The Bertz CT molecular complexity index is 758. The van der Waals surface area contributed by atoms with Crippen molar-refractivity contribution in [1.29, 1.82) is 0 Å². The lowest BCUT2D eigenvalue weighted by Gasteiger charge is -2.09. The van der Waals surface area contributed by atoms with Crippen LogP contribution in [-0.2, 0) is 9.47 Å². The fraction of sp³-hybridized carbons (Fsp3) is 0.111. The van der Waals surface area contributed by atoms with Gasteiger partial charge in [0.15, 0.2) is 0 Å². The summed E-state index contributed by atoms with van der Waals surface area (Å²) in [5, 5.41) is 0. The van der Waals surface area contributed by atoms with Crippen molar-refractivity contribution < 1.29 is 28.7 Å². The Kier molecular flexibility index (Phi) is 6.05. The van der Waals surface area contributed by atoms with E-state index in [1.165, 1.54) is 24.3 Å². The number of hydrogen-bond donors (Lipinski definition) is 2. The van der Waals surface area contributed by atoms with Gasteiger partial charge < -0.3 is 20.9 Å². The molecule has 0 unspecified atom stereocenters. The summed E-state index contributed by atoms with van der Waals surface area (Å²) in [4.78, 5) is 43.7. The maximum absolute atomic E-state index is 11.3. The van der Waals surface area contributed by atoms with E-state index >= 15 is 0 Å². The van der Waals surface area contributed by atoms with E-state index in [-0.39, 0.29) is 13.2 Å². The zero-order valence-corrected chi connectivity index (χ0v) is 13.6. The Morgan fingerprint density at radius 2 is 0.962 bits per heavy atom. The second kappa shape index (κ2) is 8.43. The zero-order chi connectivity index (χ0) is 19.1. The van der Waals surface area contributed by atoms with Crippen LogP contribution in [0.1, 0.15) is 41.4 Å². The highest BCUT2D eigenvalue weighted by Gasteiger charge is 2.13. The van der Waals surface area contributed by atoms with E-state index in [2.05, 4.69) is 0 Å². The molecule has 2 aromatic carbocycles. The lowest BCUT2D eigenvalue weighted by atomic mass is 10.1. The number of ether oxygens (including phenoxy) is 2. The average molecular weight is 356 g/mol. The molecule has 0 spiro atoms. The quantitative estimate of drug-likeness (QED) is 0.766. The summed E-state index contributed by atoms with van der Waals surface area (Å²) in [5.41, 5.74) is 11.6. The fourth-order valence-electron chi connectivity index (χ4n) is 1.98. The third kappa shape index (κ3) is 4.91. The first-order chi connectivity index (χ1) is 12.4. The normalized spacial score (nSPS) is 12.9. The number of carbonyl (C=O) groups excluding carboxylic acids is 4. The summed E-state index contributed by atoms with van der Waals surface area (Å²) < 4.78 is 9.66. The van der Waals surface area contributed by atoms with E-state index in [1.54, 1.807) is 24.3 Å². The summed E-state index contributed by atoms with van der Waals surface area (Å²) in [7, 11) is 0. The Morgan fingerprint density at radius 3 is 1.23 bits per heavy atom. The van der Waals surface area contributed by atoms with E-state index in [0.29, 0.717) is 22.3 Å². The van der Waals surface area contributed by atoms with Crippen LogP contribution in [0.5, 0.6) is 0 Å². The molecule has 0 saturated heterocycles. The maximum atomic E-state index is 11.3. The first-order valence-electron chi connectivity index (χ1n) is 7.52. The SMILES string of the molecule is NC(=O)c1ccc(C(N)=O)cc1.O=C1OCCOC(=O)c2ccc1cc2. The molecule has 2 aromatic rings. The summed E-state index contributed by atoms with van der Waals surface area (Å²) in [6.07, 6.45) is 0. The van der Waals surface area contributed by atoms with Crippen molar-refractivity contribution >= 4 is 23.8 Å². The predicted molar refractivity (Wildman–Crippen MR) is 90.5 cm³/mol. The van der Waals surface area contributed by atoms with E-state index in [9.17, 15) is 19.2 Å². The molecular formula is C18H16N2O6. The summed E-state index contributed by atoms with van der Waals surface area (Å²) in [6.45, 7) is 0.200. The largest absolute Gasteiger partial charge is 0.458 e.